The fraction of sp³-hybridized carbons (Fsp3) is 0.538. The third kappa shape index (κ3) is 4.48. The molecule has 2 heterocycles. The average molecular weight is 287 g/mol. The van der Waals surface area contributed by atoms with Gasteiger partial charge < -0.3 is 4.90 Å². The Morgan fingerprint density at radius 3 is 2.30 bits per heavy atom. The fourth-order valence-electron chi connectivity index (χ4n) is 2.19. The van der Waals surface area contributed by atoms with E-state index in [9.17, 15) is 18.0 Å². The van der Waals surface area contributed by atoms with Crippen LogP contribution in [0.2, 0.25) is 0 Å². The largest absolute Gasteiger partial charge is 0.397 e. The number of aromatic nitrogens is 1. The highest BCUT2D eigenvalue weighted by molar-refractivity contribution is 5.76. The number of amides is 1. The molecule has 0 aromatic carbocycles. The Labute approximate surface area is 115 Å². The molecule has 0 saturated carbocycles. The second kappa shape index (κ2) is 6.21. The minimum Gasteiger partial charge on any atom is -0.340 e. The first kappa shape index (κ1) is 14.8. The van der Waals surface area contributed by atoms with Gasteiger partial charge in [0.25, 0.3) is 0 Å². The van der Waals surface area contributed by atoms with Crippen LogP contribution in [0.1, 0.15) is 12.0 Å². The summed E-state index contributed by atoms with van der Waals surface area (Å²) in [5, 5.41) is 0. The molecule has 2 rings (SSSR count). The van der Waals surface area contributed by atoms with Gasteiger partial charge in [-0.3, -0.25) is 14.7 Å². The lowest BCUT2D eigenvalue weighted by Crippen LogP contribution is -2.49. The van der Waals surface area contributed by atoms with E-state index in [0.29, 0.717) is 26.2 Å². The van der Waals surface area contributed by atoms with Crippen molar-refractivity contribution in [3.63, 3.8) is 0 Å². The highest BCUT2D eigenvalue weighted by Crippen LogP contribution is 2.21. The summed E-state index contributed by atoms with van der Waals surface area (Å²) in [5.74, 6) is -0.832. The lowest BCUT2D eigenvalue weighted by molar-refractivity contribution is -0.162. The van der Waals surface area contributed by atoms with Gasteiger partial charge in [0.15, 0.2) is 0 Å². The number of halogens is 3. The minimum atomic E-state index is -4.43. The van der Waals surface area contributed by atoms with Gasteiger partial charge in [0.2, 0.25) is 5.91 Å². The number of pyridine rings is 1. The summed E-state index contributed by atoms with van der Waals surface area (Å²) in [6, 6.07) is 3.81. The monoisotopic (exact) mass is 287 g/mol. The van der Waals surface area contributed by atoms with Crippen LogP contribution in [0, 0.1) is 0 Å². The zero-order valence-corrected chi connectivity index (χ0v) is 10.9. The molecule has 0 spiro atoms. The van der Waals surface area contributed by atoms with Crippen LogP contribution in [0.5, 0.6) is 0 Å². The summed E-state index contributed by atoms with van der Waals surface area (Å²) in [7, 11) is 0. The summed E-state index contributed by atoms with van der Waals surface area (Å²) < 4.78 is 36.5. The number of carbonyl (C=O) groups is 1. The SMILES string of the molecule is O=C(CC(F)(F)F)N1CCN(Cc2ccncc2)CC1. The lowest BCUT2D eigenvalue weighted by Gasteiger charge is -2.34. The number of rotatable bonds is 3. The van der Waals surface area contributed by atoms with Crippen molar-refractivity contribution < 1.29 is 18.0 Å². The second-order valence-electron chi connectivity index (χ2n) is 4.80. The molecule has 20 heavy (non-hydrogen) atoms. The molecule has 0 aliphatic carbocycles. The van der Waals surface area contributed by atoms with Crippen molar-refractivity contribution in [3.8, 4) is 0 Å². The van der Waals surface area contributed by atoms with Crippen LogP contribution in [-0.4, -0.2) is 53.0 Å². The third-order valence-corrected chi connectivity index (χ3v) is 3.23. The highest BCUT2D eigenvalue weighted by atomic mass is 19.4. The topological polar surface area (TPSA) is 36.4 Å². The first-order chi connectivity index (χ1) is 9.44. The molecule has 0 radical (unpaired) electrons. The van der Waals surface area contributed by atoms with Crippen molar-refractivity contribution in [2.45, 2.75) is 19.1 Å². The lowest BCUT2D eigenvalue weighted by atomic mass is 10.2. The van der Waals surface area contributed by atoms with E-state index in [1.54, 1.807) is 12.4 Å². The number of hydrogen-bond acceptors (Lipinski definition) is 3. The van der Waals surface area contributed by atoms with Gasteiger partial charge in [-0.2, -0.15) is 13.2 Å². The van der Waals surface area contributed by atoms with E-state index in [1.807, 2.05) is 12.1 Å². The maximum Gasteiger partial charge on any atom is 0.397 e. The maximum absolute atomic E-state index is 12.2. The normalized spacial score (nSPS) is 17.2. The molecule has 1 amide bonds. The summed E-state index contributed by atoms with van der Waals surface area (Å²) >= 11 is 0. The van der Waals surface area contributed by atoms with E-state index in [2.05, 4.69) is 9.88 Å². The molecule has 0 N–H and O–H groups in total. The van der Waals surface area contributed by atoms with Crippen molar-refractivity contribution >= 4 is 5.91 Å². The Morgan fingerprint density at radius 1 is 1.15 bits per heavy atom. The van der Waals surface area contributed by atoms with Gasteiger partial charge in [0.05, 0.1) is 0 Å². The van der Waals surface area contributed by atoms with Crippen LogP contribution >= 0.6 is 0 Å². The van der Waals surface area contributed by atoms with E-state index < -0.39 is 18.5 Å². The van der Waals surface area contributed by atoms with Gasteiger partial charge in [-0.25, -0.2) is 0 Å². The second-order valence-corrected chi connectivity index (χ2v) is 4.80. The molecule has 1 aromatic heterocycles. The van der Waals surface area contributed by atoms with Gasteiger partial charge in [-0.05, 0) is 17.7 Å². The average Bonchev–Trinajstić information content (AvgIpc) is 2.39. The standard InChI is InChI=1S/C13H16F3N3O/c14-13(15,16)9-12(20)19-7-5-18(6-8-19)10-11-1-3-17-4-2-11/h1-4H,5-10H2. The van der Waals surface area contributed by atoms with Gasteiger partial charge >= 0.3 is 6.18 Å². The number of carbonyl (C=O) groups excluding carboxylic acids is 1. The van der Waals surface area contributed by atoms with E-state index >= 15 is 0 Å². The summed E-state index contributed by atoms with van der Waals surface area (Å²) in [6.07, 6.45) is -2.38. The molecular weight excluding hydrogens is 271 g/mol. The van der Waals surface area contributed by atoms with Crippen molar-refractivity contribution in [2.24, 2.45) is 0 Å². The first-order valence-corrected chi connectivity index (χ1v) is 6.40. The third-order valence-electron chi connectivity index (χ3n) is 3.23. The highest BCUT2D eigenvalue weighted by Gasteiger charge is 2.34. The van der Waals surface area contributed by atoms with Gasteiger partial charge in [0, 0.05) is 45.1 Å². The Bertz CT molecular complexity index is 442. The zero-order chi connectivity index (χ0) is 14.6. The Kier molecular flexibility index (Phi) is 4.59. The fourth-order valence-corrected chi connectivity index (χ4v) is 2.19. The van der Waals surface area contributed by atoms with Gasteiger partial charge in [-0.1, -0.05) is 0 Å². The molecule has 110 valence electrons. The van der Waals surface area contributed by atoms with Crippen LogP contribution in [0.4, 0.5) is 13.2 Å². The van der Waals surface area contributed by atoms with E-state index in [0.717, 1.165) is 12.1 Å². The number of alkyl halides is 3. The van der Waals surface area contributed by atoms with Crippen LogP contribution in [0.3, 0.4) is 0 Å². The predicted molar refractivity (Wildman–Crippen MR) is 66.8 cm³/mol. The minimum absolute atomic E-state index is 0.347. The van der Waals surface area contributed by atoms with Gasteiger partial charge in [-0.15, -0.1) is 0 Å². The Balaban J connectivity index is 1.79. The molecule has 0 bridgehead atoms. The number of nitrogens with zero attached hydrogens (tertiary/aromatic N) is 3. The molecular formula is C13H16F3N3O. The number of hydrogen-bond donors (Lipinski definition) is 0. The zero-order valence-electron chi connectivity index (χ0n) is 10.9. The van der Waals surface area contributed by atoms with Crippen LogP contribution in [0.25, 0.3) is 0 Å². The molecule has 1 aromatic rings. The molecule has 1 aliphatic rings. The smallest absolute Gasteiger partial charge is 0.340 e. The maximum atomic E-state index is 12.2. The first-order valence-electron chi connectivity index (χ1n) is 6.40. The van der Waals surface area contributed by atoms with Crippen molar-refractivity contribution in [1.82, 2.24) is 14.8 Å². The molecule has 7 heteroatoms. The van der Waals surface area contributed by atoms with E-state index in [1.165, 1.54) is 4.90 Å². The molecule has 0 atom stereocenters. The summed E-state index contributed by atoms with van der Waals surface area (Å²) in [6.45, 7) is 2.60. The Morgan fingerprint density at radius 2 is 1.75 bits per heavy atom. The molecule has 4 nitrogen and oxygen atoms in total. The van der Waals surface area contributed by atoms with Crippen molar-refractivity contribution in [2.75, 3.05) is 26.2 Å². The van der Waals surface area contributed by atoms with Crippen LogP contribution < -0.4 is 0 Å². The van der Waals surface area contributed by atoms with Crippen LogP contribution in [-0.2, 0) is 11.3 Å². The number of piperazine rings is 1. The van der Waals surface area contributed by atoms with Crippen molar-refractivity contribution in [3.05, 3.63) is 30.1 Å². The predicted octanol–water partition coefficient (Wildman–Crippen LogP) is 1.68. The summed E-state index contributed by atoms with van der Waals surface area (Å²) in [4.78, 5) is 18.8. The Hall–Kier alpha value is -1.63. The molecule has 1 fully saturated rings. The summed E-state index contributed by atoms with van der Waals surface area (Å²) in [5.41, 5.74) is 1.11. The molecule has 0 unspecified atom stereocenters. The molecule has 1 aliphatic heterocycles. The van der Waals surface area contributed by atoms with Gasteiger partial charge in [0.1, 0.15) is 6.42 Å². The van der Waals surface area contributed by atoms with Crippen LogP contribution in [0.15, 0.2) is 24.5 Å². The van der Waals surface area contributed by atoms with Crippen molar-refractivity contribution in [1.29, 1.82) is 0 Å². The molecule has 1 saturated heterocycles. The quantitative estimate of drug-likeness (QED) is 0.848. The van der Waals surface area contributed by atoms with E-state index in [-0.39, 0.29) is 0 Å². The van der Waals surface area contributed by atoms with E-state index in [4.69, 9.17) is 0 Å².